The minimum Gasteiger partial charge on any atom is -0.414 e. The molecule has 0 saturated heterocycles. The van der Waals surface area contributed by atoms with Gasteiger partial charge in [0.1, 0.15) is 0 Å². The molecule has 0 aliphatic heterocycles. The number of thiazole rings is 2. The molecule has 13 heteroatoms. The number of hydrogen-bond acceptors (Lipinski definition) is 10. The molecule has 0 bridgehead atoms. The first kappa shape index (κ1) is 23.6. The molecule has 0 atom stereocenters. The van der Waals surface area contributed by atoms with Gasteiger partial charge >= 0.3 is 6.18 Å². The van der Waals surface area contributed by atoms with Gasteiger partial charge in [0.25, 0.3) is 11.8 Å². The fraction of sp³-hybridized carbons (Fsp3) is 0.0769. The number of nitrogens with zero attached hydrogens (tertiary/aromatic N) is 6. The second kappa shape index (κ2) is 8.78. The van der Waals surface area contributed by atoms with E-state index in [0.29, 0.717) is 37.6 Å². The van der Waals surface area contributed by atoms with E-state index in [1.54, 1.807) is 18.2 Å². The lowest BCUT2D eigenvalue weighted by atomic mass is 10.1. The third kappa shape index (κ3) is 4.34. The van der Waals surface area contributed by atoms with Crippen LogP contribution in [0.3, 0.4) is 0 Å². The number of hydrogen-bond donors (Lipinski definition) is 0. The largest absolute Gasteiger partial charge is 0.416 e. The highest BCUT2D eigenvalue weighted by atomic mass is 32.1. The molecule has 0 unspecified atom stereocenters. The van der Waals surface area contributed by atoms with Crippen molar-refractivity contribution >= 4 is 43.1 Å². The highest BCUT2D eigenvalue weighted by molar-refractivity contribution is 7.21. The first-order valence-electron chi connectivity index (χ1n) is 11.4. The second-order valence-electron chi connectivity index (χ2n) is 8.60. The third-order valence-electron chi connectivity index (χ3n) is 5.83. The number of rotatable bonds is 4. The fourth-order valence-corrected chi connectivity index (χ4v) is 5.70. The van der Waals surface area contributed by atoms with Crippen LogP contribution in [0.25, 0.3) is 65.1 Å². The first-order chi connectivity index (χ1) is 18.8. The lowest BCUT2D eigenvalue weighted by molar-refractivity contribution is -0.137. The Morgan fingerprint density at radius 3 is 1.77 bits per heavy atom. The molecule has 39 heavy (non-hydrogen) atoms. The van der Waals surface area contributed by atoms with E-state index < -0.39 is 11.7 Å². The Bertz CT molecular complexity index is 2010. The van der Waals surface area contributed by atoms with Gasteiger partial charge in [-0.05, 0) is 61.0 Å². The third-order valence-corrected chi connectivity index (χ3v) is 7.88. The molecule has 7 rings (SSSR count). The van der Waals surface area contributed by atoms with Gasteiger partial charge in [-0.2, -0.15) is 13.2 Å². The van der Waals surface area contributed by atoms with Crippen molar-refractivity contribution in [2.75, 3.05) is 0 Å². The van der Waals surface area contributed by atoms with Crippen molar-refractivity contribution in [3.63, 3.8) is 0 Å². The van der Waals surface area contributed by atoms with Crippen LogP contribution in [-0.4, -0.2) is 30.4 Å². The van der Waals surface area contributed by atoms with Crippen LogP contribution in [0.1, 0.15) is 11.1 Å². The molecule has 4 aromatic heterocycles. The standard InChI is InChI=1S/C26H13F3N6O2S2/c1-12-5-7-18-16(9-12)30-24(38-18)22-34-32-20(36-22)13-3-2-4-14(10-13)21-33-35-23(37-21)25-31-17-11-15(26(27,28)29)6-8-19(17)39-25/h2-11H,1H3. The molecule has 0 fully saturated rings. The minimum absolute atomic E-state index is 0.108. The molecule has 0 amide bonds. The number of halogens is 3. The maximum atomic E-state index is 13.1. The number of aromatic nitrogens is 6. The van der Waals surface area contributed by atoms with Crippen LogP contribution >= 0.6 is 22.7 Å². The van der Waals surface area contributed by atoms with Crippen molar-refractivity contribution in [2.45, 2.75) is 13.1 Å². The predicted molar refractivity (Wildman–Crippen MR) is 140 cm³/mol. The summed E-state index contributed by atoms with van der Waals surface area (Å²) in [5.41, 5.74) is 2.67. The second-order valence-corrected chi connectivity index (χ2v) is 10.7. The van der Waals surface area contributed by atoms with Gasteiger partial charge in [0, 0.05) is 11.1 Å². The van der Waals surface area contributed by atoms with Gasteiger partial charge in [0.15, 0.2) is 10.0 Å². The van der Waals surface area contributed by atoms with E-state index in [2.05, 4.69) is 30.4 Å². The van der Waals surface area contributed by atoms with Crippen LogP contribution in [0, 0.1) is 6.92 Å². The maximum Gasteiger partial charge on any atom is 0.416 e. The summed E-state index contributed by atoms with van der Waals surface area (Å²) in [4.78, 5) is 8.87. The normalized spacial score (nSPS) is 12.1. The molecule has 8 nitrogen and oxygen atoms in total. The lowest BCUT2D eigenvalue weighted by Gasteiger charge is -2.04. The molecule has 4 heterocycles. The van der Waals surface area contributed by atoms with Gasteiger partial charge in [-0.25, -0.2) is 9.97 Å². The molecular formula is C26H13F3N6O2S2. The van der Waals surface area contributed by atoms with Crippen LogP contribution < -0.4 is 0 Å². The van der Waals surface area contributed by atoms with Gasteiger partial charge in [0.2, 0.25) is 11.8 Å². The predicted octanol–water partition coefficient (Wildman–Crippen LogP) is 7.67. The summed E-state index contributed by atoms with van der Waals surface area (Å²) < 4.78 is 52.5. The smallest absolute Gasteiger partial charge is 0.414 e. The zero-order chi connectivity index (χ0) is 26.7. The summed E-state index contributed by atoms with van der Waals surface area (Å²) >= 11 is 2.64. The Labute approximate surface area is 224 Å². The topological polar surface area (TPSA) is 104 Å². The summed E-state index contributed by atoms with van der Waals surface area (Å²) in [6.07, 6.45) is -4.45. The van der Waals surface area contributed by atoms with Gasteiger partial charge in [-0.3, -0.25) is 0 Å². The zero-order valence-corrected chi connectivity index (χ0v) is 21.4. The SMILES string of the molecule is Cc1ccc2sc(-c3nnc(-c4cccc(-c5nnc(-c6nc7cc(C(F)(F)F)ccc7s6)o5)c4)o3)nc2c1. The van der Waals surface area contributed by atoms with Gasteiger partial charge in [0.05, 0.1) is 26.0 Å². The van der Waals surface area contributed by atoms with Crippen molar-refractivity contribution in [1.82, 2.24) is 30.4 Å². The van der Waals surface area contributed by atoms with E-state index in [-0.39, 0.29) is 17.3 Å². The first-order valence-corrected chi connectivity index (χ1v) is 13.1. The highest BCUT2D eigenvalue weighted by Crippen LogP contribution is 2.36. The Hall–Kier alpha value is -4.49. The molecule has 0 saturated carbocycles. The van der Waals surface area contributed by atoms with Crippen molar-refractivity contribution in [3.05, 3.63) is 71.8 Å². The molecular weight excluding hydrogens is 549 g/mol. The zero-order valence-electron chi connectivity index (χ0n) is 19.7. The van der Waals surface area contributed by atoms with Crippen LogP contribution in [0.2, 0.25) is 0 Å². The Morgan fingerprint density at radius 2 is 1.18 bits per heavy atom. The molecule has 0 aliphatic rings. The fourth-order valence-electron chi connectivity index (χ4n) is 3.96. The van der Waals surface area contributed by atoms with Crippen LogP contribution in [-0.2, 0) is 6.18 Å². The van der Waals surface area contributed by atoms with E-state index in [0.717, 1.165) is 27.9 Å². The Morgan fingerprint density at radius 1 is 0.641 bits per heavy atom. The monoisotopic (exact) mass is 562 g/mol. The highest BCUT2D eigenvalue weighted by Gasteiger charge is 2.31. The average molecular weight is 563 g/mol. The number of fused-ring (bicyclic) bond motifs is 2. The van der Waals surface area contributed by atoms with Crippen molar-refractivity contribution in [1.29, 1.82) is 0 Å². The van der Waals surface area contributed by atoms with Crippen LogP contribution in [0.5, 0.6) is 0 Å². The van der Waals surface area contributed by atoms with E-state index >= 15 is 0 Å². The van der Waals surface area contributed by atoms with E-state index in [1.165, 1.54) is 28.7 Å². The molecule has 7 aromatic rings. The molecule has 0 radical (unpaired) electrons. The quantitative estimate of drug-likeness (QED) is 0.215. The van der Waals surface area contributed by atoms with E-state index in [1.807, 2.05) is 31.2 Å². The van der Waals surface area contributed by atoms with Gasteiger partial charge in [-0.1, -0.05) is 12.1 Å². The Kier molecular flexibility index (Phi) is 5.32. The summed E-state index contributed by atoms with van der Waals surface area (Å²) in [5.74, 6) is 0.937. The van der Waals surface area contributed by atoms with Gasteiger partial charge < -0.3 is 8.83 Å². The molecule has 0 aliphatic carbocycles. The molecule has 3 aromatic carbocycles. The van der Waals surface area contributed by atoms with E-state index in [4.69, 9.17) is 8.83 Å². The molecule has 192 valence electrons. The number of benzene rings is 3. The number of aryl methyl sites for hydroxylation is 1. The van der Waals surface area contributed by atoms with Gasteiger partial charge in [-0.15, -0.1) is 43.1 Å². The van der Waals surface area contributed by atoms with Crippen molar-refractivity contribution < 1.29 is 22.0 Å². The summed E-state index contributed by atoms with van der Waals surface area (Å²) in [5, 5.41) is 17.5. The lowest BCUT2D eigenvalue weighted by Crippen LogP contribution is -2.03. The summed E-state index contributed by atoms with van der Waals surface area (Å²) in [6.45, 7) is 2.01. The summed E-state index contributed by atoms with van der Waals surface area (Å²) in [6, 6.07) is 16.6. The number of alkyl halides is 3. The maximum absolute atomic E-state index is 13.1. The molecule has 0 spiro atoms. The molecule has 0 N–H and O–H groups in total. The van der Waals surface area contributed by atoms with Crippen molar-refractivity contribution in [2.24, 2.45) is 0 Å². The minimum atomic E-state index is -4.45. The average Bonchev–Trinajstić information content (AvgIpc) is 3.72. The summed E-state index contributed by atoms with van der Waals surface area (Å²) in [7, 11) is 0. The Balaban J connectivity index is 1.17. The van der Waals surface area contributed by atoms with E-state index in [9.17, 15) is 13.2 Å². The van der Waals surface area contributed by atoms with Crippen LogP contribution in [0.15, 0.2) is 69.5 Å². The van der Waals surface area contributed by atoms with Crippen LogP contribution in [0.4, 0.5) is 13.2 Å². The van der Waals surface area contributed by atoms with Crippen molar-refractivity contribution in [3.8, 4) is 44.7 Å².